The number of aromatic nitrogens is 2. The summed E-state index contributed by atoms with van der Waals surface area (Å²) in [5.41, 5.74) is 10.1. The molecule has 1 aromatic carbocycles. The lowest BCUT2D eigenvalue weighted by Gasteiger charge is -2.23. The largest absolute Gasteiger partial charge is 0.374 e. The molecule has 1 amide bonds. The van der Waals surface area contributed by atoms with Crippen LogP contribution in [0.3, 0.4) is 0 Å². The van der Waals surface area contributed by atoms with Crippen molar-refractivity contribution in [2.75, 3.05) is 12.5 Å². The highest BCUT2D eigenvalue weighted by Gasteiger charge is 2.18. The van der Waals surface area contributed by atoms with Crippen LogP contribution in [-0.4, -0.2) is 22.9 Å². The Hall–Kier alpha value is -2.34. The van der Waals surface area contributed by atoms with Crippen LogP contribution in [0.1, 0.15) is 29.8 Å². The number of primary amides is 1. The van der Waals surface area contributed by atoms with Crippen molar-refractivity contribution in [1.82, 2.24) is 9.89 Å². The lowest BCUT2D eigenvalue weighted by atomic mass is 9.98. The van der Waals surface area contributed by atoms with E-state index in [0.29, 0.717) is 5.56 Å². The van der Waals surface area contributed by atoms with Crippen molar-refractivity contribution in [3.63, 3.8) is 0 Å². The van der Waals surface area contributed by atoms with Gasteiger partial charge in [-0.2, -0.15) is 9.89 Å². The molecule has 0 radical (unpaired) electrons. The molecule has 1 aromatic heterocycles. The Balaban J connectivity index is 2.12. The summed E-state index contributed by atoms with van der Waals surface area (Å²) in [4.78, 5) is 12.4. The zero-order valence-electron chi connectivity index (χ0n) is 11.8. The molecule has 20 heavy (non-hydrogen) atoms. The van der Waals surface area contributed by atoms with Gasteiger partial charge in [0.25, 0.3) is 5.91 Å². The van der Waals surface area contributed by atoms with Gasteiger partial charge < -0.3 is 10.5 Å². The van der Waals surface area contributed by atoms with E-state index in [0.717, 1.165) is 11.3 Å². The number of benzene rings is 1. The topological polar surface area (TPSA) is 82.2 Å². The number of amides is 1. The fraction of sp³-hybridized carbons (Fsp3) is 0.286. The van der Waals surface area contributed by atoms with Gasteiger partial charge in [-0.15, -0.1) is 0 Å². The molecule has 1 heterocycles. The van der Waals surface area contributed by atoms with E-state index < -0.39 is 5.91 Å². The molecule has 2 aromatic rings. The van der Waals surface area contributed by atoms with Crippen LogP contribution in [0.5, 0.6) is 0 Å². The van der Waals surface area contributed by atoms with Gasteiger partial charge in [-0.25, -0.2) is 0 Å². The first-order chi connectivity index (χ1) is 9.42. The zero-order chi connectivity index (χ0) is 14.8. The molecule has 0 spiro atoms. The third kappa shape index (κ3) is 2.97. The normalized spacial score (nSPS) is 11.3. The molecule has 0 atom stereocenters. The van der Waals surface area contributed by atoms with Crippen molar-refractivity contribution in [3.8, 4) is 0 Å². The summed E-state index contributed by atoms with van der Waals surface area (Å²) in [5, 5.41) is 4.00. The number of carbonyl (C=O) groups excluding carboxylic acids is 1. The Morgan fingerprint density at radius 3 is 2.50 bits per heavy atom. The van der Waals surface area contributed by atoms with Crippen molar-refractivity contribution in [3.05, 3.63) is 47.8 Å². The Morgan fingerprint density at radius 2 is 2.00 bits per heavy atom. The van der Waals surface area contributed by atoms with Crippen LogP contribution in [0.4, 0.5) is 5.69 Å². The standard InChI is InChI=1S/C14H18N4O2/c1-14(2,20-3)11-4-6-12(7-5-11)17-18-9-10(8-16-18)13(15)19/h4-9,17H,1-3H3,(H2,15,19). The maximum atomic E-state index is 11.0. The molecule has 106 valence electrons. The number of methoxy groups -OCH3 is 1. The molecule has 6 nitrogen and oxygen atoms in total. The zero-order valence-corrected chi connectivity index (χ0v) is 11.8. The summed E-state index contributed by atoms with van der Waals surface area (Å²) in [7, 11) is 1.68. The predicted molar refractivity (Wildman–Crippen MR) is 76.2 cm³/mol. The van der Waals surface area contributed by atoms with Gasteiger partial charge in [0, 0.05) is 7.11 Å². The number of hydrogen-bond acceptors (Lipinski definition) is 4. The average Bonchev–Trinajstić information content (AvgIpc) is 2.88. The predicted octanol–water partition coefficient (Wildman–Crippen LogP) is 1.74. The summed E-state index contributed by atoms with van der Waals surface area (Å²) in [5.74, 6) is -0.504. The number of ether oxygens (including phenoxy) is 1. The summed E-state index contributed by atoms with van der Waals surface area (Å²) >= 11 is 0. The van der Waals surface area contributed by atoms with Gasteiger partial charge >= 0.3 is 0 Å². The van der Waals surface area contributed by atoms with E-state index in [1.807, 2.05) is 38.1 Å². The van der Waals surface area contributed by atoms with Crippen molar-refractivity contribution in [2.45, 2.75) is 19.4 Å². The minimum absolute atomic E-state index is 0.330. The van der Waals surface area contributed by atoms with E-state index in [1.165, 1.54) is 17.2 Å². The molecule has 0 saturated carbocycles. The number of carbonyl (C=O) groups is 1. The molecule has 0 bridgehead atoms. The van der Waals surface area contributed by atoms with Crippen molar-refractivity contribution in [2.24, 2.45) is 5.73 Å². The van der Waals surface area contributed by atoms with E-state index in [2.05, 4.69) is 10.5 Å². The molecule has 0 aliphatic carbocycles. The molecule has 0 saturated heterocycles. The van der Waals surface area contributed by atoms with Crippen molar-refractivity contribution < 1.29 is 9.53 Å². The third-order valence-electron chi connectivity index (χ3n) is 3.20. The Labute approximate surface area is 117 Å². The maximum Gasteiger partial charge on any atom is 0.251 e. The second kappa shape index (κ2) is 5.34. The highest BCUT2D eigenvalue weighted by molar-refractivity contribution is 5.92. The van der Waals surface area contributed by atoms with E-state index in [9.17, 15) is 4.79 Å². The van der Waals surface area contributed by atoms with E-state index >= 15 is 0 Å². The van der Waals surface area contributed by atoms with Crippen molar-refractivity contribution in [1.29, 1.82) is 0 Å². The van der Waals surface area contributed by atoms with Crippen LogP contribution in [0.2, 0.25) is 0 Å². The monoisotopic (exact) mass is 274 g/mol. The number of nitrogens with two attached hydrogens (primary N) is 1. The smallest absolute Gasteiger partial charge is 0.251 e. The first-order valence-electron chi connectivity index (χ1n) is 6.19. The van der Waals surface area contributed by atoms with Crippen LogP contribution < -0.4 is 11.2 Å². The molecule has 2 rings (SSSR count). The fourth-order valence-corrected chi connectivity index (χ4v) is 1.71. The molecule has 6 heteroatoms. The van der Waals surface area contributed by atoms with Crippen LogP contribution in [0, 0.1) is 0 Å². The van der Waals surface area contributed by atoms with E-state index in [-0.39, 0.29) is 5.60 Å². The molecule has 0 aliphatic heterocycles. The molecular formula is C14H18N4O2. The van der Waals surface area contributed by atoms with Gasteiger partial charge in [-0.1, -0.05) is 12.1 Å². The van der Waals surface area contributed by atoms with E-state index in [1.54, 1.807) is 7.11 Å². The van der Waals surface area contributed by atoms with Crippen LogP contribution in [-0.2, 0) is 10.3 Å². The molecular weight excluding hydrogens is 256 g/mol. The third-order valence-corrected chi connectivity index (χ3v) is 3.20. The maximum absolute atomic E-state index is 11.0. The number of rotatable bonds is 5. The number of nitrogens with one attached hydrogen (secondary N) is 1. The summed E-state index contributed by atoms with van der Waals surface area (Å²) in [6.07, 6.45) is 2.95. The Kier molecular flexibility index (Phi) is 3.76. The van der Waals surface area contributed by atoms with Crippen molar-refractivity contribution >= 4 is 11.6 Å². The Morgan fingerprint density at radius 1 is 1.35 bits per heavy atom. The summed E-state index contributed by atoms with van der Waals surface area (Å²) in [6.45, 7) is 4.00. The molecule has 0 aliphatic rings. The highest BCUT2D eigenvalue weighted by Crippen LogP contribution is 2.24. The average molecular weight is 274 g/mol. The van der Waals surface area contributed by atoms with Gasteiger partial charge in [0.15, 0.2) is 0 Å². The number of nitrogens with zero attached hydrogens (tertiary/aromatic N) is 2. The molecule has 0 unspecified atom stereocenters. The van der Waals surface area contributed by atoms with Gasteiger partial charge in [0.05, 0.1) is 29.2 Å². The number of hydrogen-bond donors (Lipinski definition) is 2. The lowest BCUT2D eigenvalue weighted by Crippen LogP contribution is -2.19. The van der Waals surface area contributed by atoms with Crippen LogP contribution >= 0.6 is 0 Å². The quantitative estimate of drug-likeness (QED) is 0.870. The highest BCUT2D eigenvalue weighted by atomic mass is 16.5. The Bertz CT molecular complexity index is 602. The molecule has 3 N–H and O–H groups in total. The first kappa shape index (κ1) is 14.1. The van der Waals surface area contributed by atoms with Gasteiger partial charge in [0.2, 0.25) is 0 Å². The van der Waals surface area contributed by atoms with E-state index in [4.69, 9.17) is 10.5 Å². The second-order valence-electron chi connectivity index (χ2n) is 4.94. The minimum Gasteiger partial charge on any atom is -0.374 e. The SMILES string of the molecule is COC(C)(C)c1ccc(Nn2cc(C(N)=O)cn2)cc1. The van der Waals surface area contributed by atoms with Crippen LogP contribution in [0.25, 0.3) is 0 Å². The minimum atomic E-state index is -0.504. The fourth-order valence-electron chi connectivity index (χ4n) is 1.71. The van der Waals surface area contributed by atoms with Gasteiger partial charge in [-0.05, 0) is 31.5 Å². The molecule has 0 fully saturated rings. The number of anilines is 1. The lowest BCUT2D eigenvalue weighted by molar-refractivity contribution is 0.0192. The first-order valence-corrected chi connectivity index (χ1v) is 6.19. The van der Waals surface area contributed by atoms with Gasteiger partial charge in [0.1, 0.15) is 0 Å². The summed E-state index contributed by atoms with van der Waals surface area (Å²) in [6, 6.07) is 7.79. The van der Waals surface area contributed by atoms with Crippen LogP contribution in [0.15, 0.2) is 36.7 Å². The second-order valence-corrected chi connectivity index (χ2v) is 4.94. The summed E-state index contributed by atoms with van der Waals surface area (Å²) < 4.78 is 5.42. The van der Waals surface area contributed by atoms with Gasteiger partial charge in [-0.3, -0.25) is 10.2 Å².